The molecule has 0 aliphatic carbocycles. The van der Waals surface area contributed by atoms with E-state index < -0.39 is 0 Å². The normalized spacial score (nSPS) is 10.2. The maximum absolute atomic E-state index is 12.1. The van der Waals surface area contributed by atoms with Crippen LogP contribution in [-0.4, -0.2) is 26.7 Å². The third kappa shape index (κ3) is 4.91. The van der Waals surface area contributed by atoms with Gasteiger partial charge in [-0.15, -0.1) is 0 Å². The molecule has 0 aliphatic rings. The Kier molecular flexibility index (Phi) is 6.07. The highest BCUT2D eigenvalue weighted by Crippen LogP contribution is 2.26. The van der Waals surface area contributed by atoms with E-state index in [0.717, 1.165) is 16.9 Å². The Morgan fingerprint density at radius 1 is 1.00 bits per heavy atom. The zero-order chi connectivity index (χ0) is 17.5. The molecular formula is C19H23NO4. The number of carbonyl (C=O) groups excluding carboxylic acids is 1. The van der Waals surface area contributed by atoms with Crippen molar-refractivity contribution in [2.24, 2.45) is 0 Å². The van der Waals surface area contributed by atoms with Crippen LogP contribution in [0.1, 0.15) is 17.5 Å². The van der Waals surface area contributed by atoms with Crippen molar-refractivity contribution in [2.45, 2.75) is 20.3 Å². The van der Waals surface area contributed by atoms with E-state index in [2.05, 4.69) is 5.32 Å². The zero-order valence-electron chi connectivity index (χ0n) is 14.5. The molecule has 0 spiro atoms. The van der Waals surface area contributed by atoms with E-state index in [1.54, 1.807) is 32.4 Å². The van der Waals surface area contributed by atoms with Crippen LogP contribution in [0.5, 0.6) is 17.2 Å². The summed E-state index contributed by atoms with van der Waals surface area (Å²) in [5.74, 6) is 1.93. The number of benzene rings is 2. The first-order valence-electron chi connectivity index (χ1n) is 7.75. The van der Waals surface area contributed by atoms with E-state index in [1.807, 2.05) is 32.0 Å². The van der Waals surface area contributed by atoms with Crippen molar-refractivity contribution in [1.29, 1.82) is 0 Å². The Balaban J connectivity index is 1.90. The topological polar surface area (TPSA) is 56.8 Å². The smallest absolute Gasteiger partial charge is 0.227 e. The van der Waals surface area contributed by atoms with E-state index in [1.165, 1.54) is 0 Å². The second kappa shape index (κ2) is 8.24. The number of anilines is 1. The lowest BCUT2D eigenvalue weighted by Crippen LogP contribution is -2.15. The fraction of sp³-hybridized carbons (Fsp3) is 0.316. The second-order valence-electron chi connectivity index (χ2n) is 5.52. The van der Waals surface area contributed by atoms with Gasteiger partial charge in [-0.2, -0.15) is 0 Å². The third-order valence-electron chi connectivity index (χ3n) is 3.57. The molecule has 5 heteroatoms. The lowest BCUT2D eigenvalue weighted by atomic mass is 10.1. The lowest BCUT2D eigenvalue weighted by molar-refractivity contribution is -0.116. The molecule has 0 heterocycles. The molecule has 1 amide bonds. The Hall–Kier alpha value is -2.69. The average Bonchev–Trinajstić information content (AvgIpc) is 2.57. The summed E-state index contributed by atoms with van der Waals surface area (Å²) in [6, 6.07) is 11.2. The molecular weight excluding hydrogens is 306 g/mol. The van der Waals surface area contributed by atoms with Crippen molar-refractivity contribution in [2.75, 3.05) is 26.1 Å². The molecule has 0 fully saturated rings. The molecule has 128 valence electrons. The molecule has 0 atom stereocenters. The molecule has 0 aliphatic heterocycles. The number of ether oxygens (including phenoxy) is 3. The molecule has 5 nitrogen and oxygen atoms in total. The number of hydrogen-bond acceptors (Lipinski definition) is 4. The molecule has 0 unspecified atom stereocenters. The summed E-state index contributed by atoms with van der Waals surface area (Å²) in [7, 11) is 3.14. The highest BCUT2D eigenvalue weighted by molar-refractivity contribution is 5.91. The lowest BCUT2D eigenvalue weighted by Gasteiger charge is -2.11. The summed E-state index contributed by atoms with van der Waals surface area (Å²) in [5, 5.41) is 2.82. The number of nitrogens with one attached hydrogen (secondary N) is 1. The average molecular weight is 329 g/mol. The number of hydrogen-bond donors (Lipinski definition) is 1. The Bertz CT molecular complexity index is 690. The molecule has 0 radical (unpaired) electrons. The largest absolute Gasteiger partial charge is 0.497 e. The quantitative estimate of drug-likeness (QED) is 0.841. The highest BCUT2D eigenvalue weighted by atomic mass is 16.5. The van der Waals surface area contributed by atoms with Gasteiger partial charge < -0.3 is 19.5 Å². The van der Waals surface area contributed by atoms with E-state index in [0.29, 0.717) is 23.8 Å². The molecule has 0 aromatic heterocycles. The van der Waals surface area contributed by atoms with Crippen LogP contribution >= 0.6 is 0 Å². The fourth-order valence-corrected chi connectivity index (χ4v) is 2.22. The van der Waals surface area contributed by atoms with Crippen molar-refractivity contribution < 1.29 is 19.0 Å². The minimum atomic E-state index is -0.129. The molecule has 0 bridgehead atoms. The summed E-state index contributed by atoms with van der Waals surface area (Å²) in [4.78, 5) is 12.1. The number of aryl methyl sites for hydroxylation is 2. The molecule has 0 saturated carbocycles. The number of carbonyl (C=O) groups is 1. The second-order valence-corrected chi connectivity index (χ2v) is 5.52. The van der Waals surface area contributed by atoms with E-state index in [4.69, 9.17) is 14.2 Å². The summed E-state index contributed by atoms with van der Waals surface area (Å²) in [6.07, 6.45) is 0.257. The van der Waals surface area contributed by atoms with Gasteiger partial charge in [0, 0.05) is 23.9 Å². The van der Waals surface area contributed by atoms with Gasteiger partial charge in [0.2, 0.25) is 5.91 Å². The van der Waals surface area contributed by atoms with Gasteiger partial charge in [-0.05, 0) is 31.0 Å². The van der Waals surface area contributed by atoms with Crippen molar-refractivity contribution in [1.82, 2.24) is 0 Å². The van der Waals surface area contributed by atoms with Gasteiger partial charge in [0.1, 0.15) is 17.2 Å². The highest BCUT2D eigenvalue weighted by Gasteiger charge is 2.07. The van der Waals surface area contributed by atoms with Crippen LogP contribution in [0.3, 0.4) is 0 Å². The minimum absolute atomic E-state index is 0.129. The van der Waals surface area contributed by atoms with E-state index in [-0.39, 0.29) is 12.3 Å². The Morgan fingerprint density at radius 2 is 1.67 bits per heavy atom. The first kappa shape index (κ1) is 17.7. The molecule has 2 rings (SSSR count). The third-order valence-corrected chi connectivity index (χ3v) is 3.57. The van der Waals surface area contributed by atoms with Gasteiger partial charge in [0.25, 0.3) is 0 Å². The van der Waals surface area contributed by atoms with Crippen LogP contribution < -0.4 is 19.5 Å². The first-order valence-corrected chi connectivity index (χ1v) is 7.75. The van der Waals surface area contributed by atoms with Gasteiger partial charge in [-0.3, -0.25) is 4.79 Å². The number of methoxy groups -OCH3 is 2. The summed E-state index contributed by atoms with van der Waals surface area (Å²) < 4.78 is 16.1. The monoisotopic (exact) mass is 329 g/mol. The SMILES string of the molecule is COc1cc(NC(=O)CCOc2cc(C)ccc2C)cc(OC)c1. The zero-order valence-corrected chi connectivity index (χ0v) is 14.5. The molecule has 24 heavy (non-hydrogen) atoms. The van der Waals surface area contributed by atoms with Crippen LogP contribution in [0.25, 0.3) is 0 Å². The predicted molar refractivity (Wildman–Crippen MR) is 94.2 cm³/mol. The summed E-state index contributed by atoms with van der Waals surface area (Å²) >= 11 is 0. The predicted octanol–water partition coefficient (Wildman–Crippen LogP) is 3.73. The van der Waals surface area contributed by atoms with Crippen molar-refractivity contribution >= 4 is 11.6 Å². The number of rotatable bonds is 7. The molecule has 1 N–H and O–H groups in total. The van der Waals surface area contributed by atoms with Gasteiger partial charge >= 0.3 is 0 Å². The molecule has 0 saturated heterocycles. The first-order chi connectivity index (χ1) is 11.5. The van der Waals surface area contributed by atoms with Crippen molar-refractivity contribution in [3.8, 4) is 17.2 Å². The maximum atomic E-state index is 12.1. The Morgan fingerprint density at radius 3 is 2.29 bits per heavy atom. The molecule has 2 aromatic carbocycles. The fourth-order valence-electron chi connectivity index (χ4n) is 2.22. The summed E-state index contributed by atoms with van der Waals surface area (Å²) in [6.45, 7) is 4.31. The minimum Gasteiger partial charge on any atom is -0.497 e. The molecule has 2 aromatic rings. The summed E-state index contributed by atoms with van der Waals surface area (Å²) in [5.41, 5.74) is 2.81. The standard InChI is InChI=1S/C19H23NO4/c1-13-5-6-14(2)18(9-13)24-8-7-19(21)20-15-10-16(22-3)12-17(11-15)23-4/h5-6,9-12H,7-8H2,1-4H3,(H,20,21). The van der Waals surface area contributed by atoms with Crippen molar-refractivity contribution in [3.05, 3.63) is 47.5 Å². The van der Waals surface area contributed by atoms with Gasteiger partial charge in [-0.25, -0.2) is 0 Å². The maximum Gasteiger partial charge on any atom is 0.227 e. The van der Waals surface area contributed by atoms with E-state index in [9.17, 15) is 4.79 Å². The van der Waals surface area contributed by atoms with Crippen LogP contribution in [0.2, 0.25) is 0 Å². The Labute approximate surface area is 142 Å². The van der Waals surface area contributed by atoms with Gasteiger partial charge in [0.15, 0.2) is 0 Å². The van der Waals surface area contributed by atoms with Gasteiger partial charge in [0.05, 0.1) is 27.2 Å². The van der Waals surface area contributed by atoms with Crippen LogP contribution in [0.15, 0.2) is 36.4 Å². The van der Waals surface area contributed by atoms with E-state index >= 15 is 0 Å². The van der Waals surface area contributed by atoms with Gasteiger partial charge in [-0.1, -0.05) is 12.1 Å². The van der Waals surface area contributed by atoms with Crippen molar-refractivity contribution in [3.63, 3.8) is 0 Å². The van der Waals surface area contributed by atoms with Crippen LogP contribution in [0.4, 0.5) is 5.69 Å². The van der Waals surface area contributed by atoms with Crippen LogP contribution in [-0.2, 0) is 4.79 Å². The number of amides is 1. The van der Waals surface area contributed by atoms with Crippen LogP contribution in [0, 0.1) is 13.8 Å².